The van der Waals surface area contributed by atoms with Gasteiger partial charge in [-0.1, -0.05) is 18.2 Å². The van der Waals surface area contributed by atoms with Gasteiger partial charge >= 0.3 is 0 Å². The summed E-state index contributed by atoms with van der Waals surface area (Å²) in [6.45, 7) is 0. The molecule has 3 aromatic rings. The fourth-order valence-corrected chi connectivity index (χ4v) is 2.07. The minimum absolute atomic E-state index is 0.102. The highest BCUT2D eigenvalue weighted by Gasteiger charge is 2.11. The van der Waals surface area contributed by atoms with Crippen molar-refractivity contribution in [1.29, 1.82) is 0 Å². The van der Waals surface area contributed by atoms with Crippen molar-refractivity contribution in [1.82, 2.24) is 4.98 Å². The van der Waals surface area contributed by atoms with Crippen molar-refractivity contribution in [2.75, 3.05) is 10.6 Å². The Morgan fingerprint density at radius 1 is 0.917 bits per heavy atom. The van der Waals surface area contributed by atoms with Gasteiger partial charge in [-0.15, -0.1) is 0 Å². The molecule has 0 saturated heterocycles. The number of benzene rings is 2. The average Bonchev–Trinajstić information content (AvgIpc) is 2.59. The van der Waals surface area contributed by atoms with Gasteiger partial charge in [0, 0.05) is 11.8 Å². The van der Waals surface area contributed by atoms with Gasteiger partial charge < -0.3 is 10.6 Å². The fourth-order valence-electron chi connectivity index (χ4n) is 2.07. The number of halogens is 2. The van der Waals surface area contributed by atoms with Crippen LogP contribution in [0.3, 0.4) is 0 Å². The fraction of sp³-hybridized carbons (Fsp3) is 0. The minimum atomic E-state index is -0.842. The van der Waals surface area contributed by atoms with Crippen LogP contribution in [0.2, 0.25) is 0 Å². The highest BCUT2D eigenvalue weighted by Crippen LogP contribution is 2.17. The Labute approximate surface area is 137 Å². The summed E-state index contributed by atoms with van der Waals surface area (Å²) in [5.41, 5.74) is 1.63. The number of nitrogens with one attached hydrogen (secondary N) is 2. The lowest BCUT2D eigenvalue weighted by molar-refractivity contribution is 0.102. The summed E-state index contributed by atoms with van der Waals surface area (Å²) in [4.78, 5) is 16.1. The highest BCUT2D eigenvalue weighted by molar-refractivity contribution is 6.03. The van der Waals surface area contributed by atoms with Crippen molar-refractivity contribution < 1.29 is 13.6 Å². The summed E-state index contributed by atoms with van der Waals surface area (Å²) >= 11 is 0. The molecule has 3 rings (SSSR count). The number of nitrogens with zero attached hydrogens (tertiary/aromatic N) is 1. The Morgan fingerprint density at radius 3 is 2.38 bits per heavy atom. The van der Waals surface area contributed by atoms with Crippen LogP contribution in [0, 0.1) is 11.6 Å². The molecule has 1 heterocycles. The van der Waals surface area contributed by atoms with E-state index in [1.807, 2.05) is 30.3 Å². The van der Waals surface area contributed by atoms with Crippen LogP contribution in [-0.2, 0) is 0 Å². The van der Waals surface area contributed by atoms with Gasteiger partial charge in [0.25, 0.3) is 5.91 Å². The van der Waals surface area contributed by atoms with Gasteiger partial charge in [-0.2, -0.15) is 0 Å². The molecule has 0 saturated carbocycles. The number of rotatable bonds is 4. The van der Waals surface area contributed by atoms with E-state index >= 15 is 0 Å². The molecule has 0 aliphatic rings. The molecule has 0 spiro atoms. The third-order valence-corrected chi connectivity index (χ3v) is 3.24. The van der Waals surface area contributed by atoms with E-state index in [1.54, 1.807) is 6.07 Å². The number of amides is 1. The van der Waals surface area contributed by atoms with Crippen LogP contribution in [-0.4, -0.2) is 10.9 Å². The monoisotopic (exact) mass is 325 g/mol. The van der Waals surface area contributed by atoms with Crippen molar-refractivity contribution in [2.45, 2.75) is 0 Å². The first kappa shape index (κ1) is 15.6. The van der Waals surface area contributed by atoms with E-state index in [9.17, 15) is 13.6 Å². The molecule has 0 aliphatic heterocycles. The molecule has 0 bridgehead atoms. The number of pyridine rings is 1. The number of anilines is 3. The SMILES string of the molecule is O=C(Nc1ccc(F)cc1F)c1ccc(Nc2ccccc2)cn1. The first-order valence-electron chi connectivity index (χ1n) is 7.16. The van der Waals surface area contributed by atoms with E-state index < -0.39 is 17.5 Å². The van der Waals surface area contributed by atoms with E-state index in [0.717, 1.165) is 17.8 Å². The van der Waals surface area contributed by atoms with E-state index in [-0.39, 0.29) is 11.4 Å². The maximum absolute atomic E-state index is 13.5. The number of hydrogen-bond acceptors (Lipinski definition) is 3. The lowest BCUT2D eigenvalue weighted by atomic mass is 10.2. The molecule has 0 aliphatic carbocycles. The molecule has 1 aromatic heterocycles. The zero-order valence-corrected chi connectivity index (χ0v) is 12.5. The van der Waals surface area contributed by atoms with Crippen LogP contribution in [0.5, 0.6) is 0 Å². The van der Waals surface area contributed by atoms with Gasteiger partial charge in [0.2, 0.25) is 0 Å². The van der Waals surface area contributed by atoms with E-state index in [1.165, 1.54) is 12.3 Å². The van der Waals surface area contributed by atoms with Gasteiger partial charge in [0.05, 0.1) is 17.6 Å². The second-order valence-corrected chi connectivity index (χ2v) is 5.00. The number of carbonyl (C=O) groups excluding carboxylic acids is 1. The standard InChI is InChI=1S/C18H13F2N3O/c19-12-6-8-16(15(20)10-12)23-18(24)17-9-7-14(11-21-17)22-13-4-2-1-3-5-13/h1-11,22H,(H,23,24). The zero-order chi connectivity index (χ0) is 16.9. The van der Waals surface area contributed by atoms with E-state index in [0.29, 0.717) is 11.8 Å². The summed E-state index contributed by atoms with van der Waals surface area (Å²) in [6, 6.07) is 15.6. The molecule has 1 amide bonds. The smallest absolute Gasteiger partial charge is 0.274 e. The summed E-state index contributed by atoms with van der Waals surface area (Å²) in [5.74, 6) is -2.13. The number of aromatic nitrogens is 1. The Morgan fingerprint density at radius 2 is 1.71 bits per heavy atom. The number of para-hydroxylation sites is 1. The Hall–Kier alpha value is -3.28. The third-order valence-electron chi connectivity index (χ3n) is 3.24. The van der Waals surface area contributed by atoms with Crippen LogP contribution in [0.15, 0.2) is 66.9 Å². The van der Waals surface area contributed by atoms with E-state index in [4.69, 9.17) is 0 Å². The summed E-state index contributed by atoms with van der Waals surface area (Å²) in [7, 11) is 0. The minimum Gasteiger partial charge on any atom is -0.354 e. The zero-order valence-electron chi connectivity index (χ0n) is 12.5. The maximum atomic E-state index is 13.5. The molecule has 4 nitrogen and oxygen atoms in total. The molecule has 0 radical (unpaired) electrons. The summed E-state index contributed by atoms with van der Waals surface area (Å²) in [5, 5.41) is 5.50. The Kier molecular flexibility index (Phi) is 4.47. The number of hydrogen-bond donors (Lipinski definition) is 2. The maximum Gasteiger partial charge on any atom is 0.274 e. The van der Waals surface area contributed by atoms with Crippen LogP contribution >= 0.6 is 0 Å². The molecule has 2 aromatic carbocycles. The molecule has 120 valence electrons. The second kappa shape index (κ2) is 6.87. The van der Waals surface area contributed by atoms with Crippen molar-refractivity contribution in [3.8, 4) is 0 Å². The van der Waals surface area contributed by atoms with Crippen LogP contribution in [0.25, 0.3) is 0 Å². The largest absolute Gasteiger partial charge is 0.354 e. The molecule has 0 atom stereocenters. The normalized spacial score (nSPS) is 10.2. The summed E-state index contributed by atoms with van der Waals surface area (Å²) in [6.07, 6.45) is 1.50. The van der Waals surface area contributed by atoms with Crippen molar-refractivity contribution in [2.24, 2.45) is 0 Å². The Balaban J connectivity index is 1.69. The van der Waals surface area contributed by atoms with Gasteiger partial charge in [0.1, 0.15) is 17.3 Å². The van der Waals surface area contributed by atoms with Gasteiger partial charge in [-0.3, -0.25) is 4.79 Å². The van der Waals surface area contributed by atoms with E-state index in [2.05, 4.69) is 15.6 Å². The summed E-state index contributed by atoms with van der Waals surface area (Å²) < 4.78 is 26.4. The third kappa shape index (κ3) is 3.73. The second-order valence-electron chi connectivity index (χ2n) is 5.00. The lowest BCUT2D eigenvalue weighted by Gasteiger charge is -2.08. The molecule has 24 heavy (non-hydrogen) atoms. The topological polar surface area (TPSA) is 54.0 Å². The first-order valence-corrected chi connectivity index (χ1v) is 7.16. The predicted molar refractivity (Wildman–Crippen MR) is 88.3 cm³/mol. The van der Waals surface area contributed by atoms with Crippen LogP contribution < -0.4 is 10.6 Å². The molecular formula is C18H13F2N3O. The van der Waals surface area contributed by atoms with Gasteiger partial charge in [-0.05, 0) is 36.4 Å². The predicted octanol–water partition coefficient (Wildman–Crippen LogP) is 4.36. The average molecular weight is 325 g/mol. The number of carbonyl (C=O) groups is 1. The van der Waals surface area contributed by atoms with Gasteiger partial charge in [0.15, 0.2) is 0 Å². The molecule has 0 fully saturated rings. The Bertz CT molecular complexity index is 852. The highest BCUT2D eigenvalue weighted by atomic mass is 19.1. The van der Waals surface area contributed by atoms with Crippen molar-refractivity contribution >= 4 is 23.0 Å². The van der Waals surface area contributed by atoms with Crippen LogP contribution in [0.1, 0.15) is 10.5 Å². The van der Waals surface area contributed by atoms with Gasteiger partial charge in [-0.25, -0.2) is 13.8 Å². The van der Waals surface area contributed by atoms with Crippen LogP contribution in [0.4, 0.5) is 25.8 Å². The lowest BCUT2D eigenvalue weighted by Crippen LogP contribution is -2.14. The molecular weight excluding hydrogens is 312 g/mol. The first-order chi connectivity index (χ1) is 11.6. The quantitative estimate of drug-likeness (QED) is 0.749. The molecule has 0 unspecified atom stereocenters. The molecule has 2 N–H and O–H groups in total. The van der Waals surface area contributed by atoms with Crippen molar-refractivity contribution in [3.63, 3.8) is 0 Å². The van der Waals surface area contributed by atoms with Crippen molar-refractivity contribution in [3.05, 3.63) is 84.2 Å². The molecule has 6 heteroatoms.